The molecule has 4 atom stereocenters. The van der Waals surface area contributed by atoms with Crippen LogP contribution < -0.4 is 70.9 Å². The fraction of sp³-hybridized carbons (Fsp3) is 0.568. The summed E-state index contributed by atoms with van der Waals surface area (Å²) in [6, 6.07) is 28.1. The maximum atomic E-state index is 5.80. The number of rotatable bonds is 26. The zero-order chi connectivity index (χ0) is 65.6. The van der Waals surface area contributed by atoms with Gasteiger partial charge in [0.15, 0.2) is 6.17 Å². The smallest absolute Gasteiger partial charge is 1.00 e. The van der Waals surface area contributed by atoms with E-state index in [-0.39, 0.29) is 72.9 Å². The summed E-state index contributed by atoms with van der Waals surface area (Å²) in [5, 5.41) is 20.2. The molecule has 15 nitrogen and oxygen atoms in total. The largest absolute Gasteiger partial charge is 2.00 e. The zero-order valence-corrected chi connectivity index (χ0v) is 67.0. The molecule has 4 N–H and O–H groups in total. The fourth-order valence-electron chi connectivity index (χ4n) is 13.9. The van der Waals surface area contributed by atoms with E-state index in [1.54, 1.807) is 0 Å². The van der Waals surface area contributed by atoms with Crippen molar-refractivity contribution in [3.05, 3.63) is 140 Å². The van der Waals surface area contributed by atoms with Gasteiger partial charge in [0.2, 0.25) is 10.9 Å². The molecule has 0 fully saturated rings. The van der Waals surface area contributed by atoms with Gasteiger partial charge in [-0.25, -0.2) is 24.5 Å². The Hall–Kier alpha value is -4.43. The molecule has 5 heterocycles. The monoisotopic (exact) mass is 1510 g/mol. The van der Waals surface area contributed by atoms with Crippen LogP contribution in [0.25, 0.3) is 0 Å². The SMILES string of the molecule is CCC(CC)C(SCc1ccc2c(c1)C1N=C2NC2N=C(NC3N=C(NC4N/C(=N\1)c1cc(CCC(N(CC)CC)=[N+](CC)CC)ccc14)c1ccc(CSC(N(CC)CC)=[N+](CC)CC)cc13)c1ccc(CSC(N(CC)CC)=[N+](CC)CC)cc12)=[N+](CC)CC.[Cl-].[Cl-].[Cl-].[Cl-].[Cu+2]. The van der Waals surface area contributed by atoms with Crippen molar-refractivity contribution >= 4 is 79.8 Å². The summed E-state index contributed by atoms with van der Waals surface area (Å²) in [5.41, 5.74) is 13.9. The Labute approximate surface area is 631 Å². The van der Waals surface area contributed by atoms with Crippen LogP contribution in [-0.4, -0.2) is 169 Å². The summed E-state index contributed by atoms with van der Waals surface area (Å²) in [6.07, 6.45) is 2.48. The van der Waals surface area contributed by atoms with E-state index in [0.29, 0.717) is 5.92 Å². The Kier molecular flexibility index (Phi) is 35.8. The van der Waals surface area contributed by atoms with Gasteiger partial charge < -0.3 is 70.9 Å². The molecule has 5 aliphatic heterocycles. The molecule has 0 saturated heterocycles. The first kappa shape index (κ1) is 85.0. The number of hydrogen-bond donors (Lipinski definition) is 4. The second-order valence-electron chi connectivity index (χ2n) is 24.2. The first-order valence-electron chi connectivity index (χ1n) is 35.3. The predicted octanol–water partition coefficient (Wildman–Crippen LogP) is 1.02. The number of thioether (sulfide) groups is 3. The number of halogens is 4. The van der Waals surface area contributed by atoms with Gasteiger partial charge in [0.05, 0.1) is 85.0 Å². The summed E-state index contributed by atoms with van der Waals surface area (Å²) >= 11 is 5.89. The van der Waals surface area contributed by atoms with Gasteiger partial charge in [-0.2, -0.15) is 0 Å². The van der Waals surface area contributed by atoms with E-state index in [2.05, 4.69) is 238 Å². The molecule has 0 spiro atoms. The molecule has 5 aliphatic rings. The van der Waals surface area contributed by atoms with Gasteiger partial charge in [-0.15, -0.1) is 0 Å². The predicted molar refractivity (Wildman–Crippen MR) is 396 cm³/mol. The molecule has 4 aromatic carbocycles. The molecule has 4 unspecified atom stereocenters. The van der Waals surface area contributed by atoms with E-state index in [1.165, 1.54) is 43.5 Å². The molecule has 0 aromatic heterocycles. The third-order valence-electron chi connectivity index (χ3n) is 19.4. The van der Waals surface area contributed by atoms with Crippen LogP contribution in [-0.2, 0) is 40.7 Å². The molecule has 97 heavy (non-hydrogen) atoms. The van der Waals surface area contributed by atoms with Crippen molar-refractivity contribution in [1.82, 2.24) is 36.0 Å². The summed E-state index contributed by atoms with van der Waals surface area (Å²) < 4.78 is 10.1. The molecule has 23 heteroatoms. The number of benzene rings is 4. The van der Waals surface area contributed by atoms with Crippen LogP contribution in [0.2, 0.25) is 0 Å². The standard InChI is InChI=1S/C74H111N15S3.4ClH.Cu/c1-17-54(18-2)72(85(23-7)24-8)90-47-51-34-39-57-60(44-51)71-81-67(57)80-70-62-46-53(49-92-74(88(29-13)30-14)89(31-15)32-16)36-41-58(62)66(79-70)78-69-61-45-52(48-91-73(86(25-9)26-10)87(27-11)28-12)35-40-56(61)65(77-69)75-64-55-38-33-50(43-59(55)68(76-64)82-71)37-42-63(83(19-3)20-4)84(21-5)22-6;;;;;/h33-36,38-41,43-46,54,64,69-71H,17-32,37,42,47-49H2,1-16H3,(H,75,77)(H,76,82)(H,78,79)(H,80,81);4*1H;/q+4;;;;;+2/p-4. The molecule has 1 radical (unpaired) electrons. The number of nitrogens with one attached hydrogen (secondary N) is 4. The molecule has 8 bridgehead atoms. The summed E-state index contributed by atoms with van der Waals surface area (Å²) in [5.74, 6) is 7.80. The minimum absolute atomic E-state index is 0. The van der Waals surface area contributed by atoms with Gasteiger partial charge in [0.25, 0.3) is 0 Å². The number of amidine groups is 7. The van der Waals surface area contributed by atoms with Crippen LogP contribution in [0.4, 0.5) is 0 Å². The van der Waals surface area contributed by atoms with Crippen molar-refractivity contribution < 1.29 is 85.0 Å². The van der Waals surface area contributed by atoms with Gasteiger partial charge >= 0.3 is 27.4 Å². The molecule has 0 saturated carbocycles. The van der Waals surface area contributed by atoms with Gasteiger partial charge in [-0.1, -0.05) is 92.3 Å². The average molecular weight is 1510 g/mol. The zero-order valence-electron chi connectivity index (χ0n) is 60.6. The average Bonchev–Trinajstić information content (AvgIpc) is 1.60. The normalized spacial score (nSPS) is 16.8. The van der Waals surface area contributed by atoms with Gasteiger partial charge in [-0.3, -0.25) is 28.4 Å². The molecule has 537 valence electrons. The van der Waals surface area contributed by atoms with Gasteiger partial charge in [0.1, 0.15) is 54.9 Å². The van der Waals surface area contributed by atoms with Gasteiger partial charge in [0, 0.05) is 67.7 Å². The Morgan fingerprint density at radius 3 is 1.21 bits per heavy atom. The van der Waals surface area contributed by atoms with Crippen molar-refractivity contribution in [3.8, 4) is 0 Å². The Morgan fingerprint density at radius 1 is 0.402 bits per heavy atom. The second-order valence-corrected chi connectivity index (χ2v) is 27.1. The Balaban J connectivity index is 0.00000400. The van der Waals surface area contributed by atoms with E-state index in [4.69, 9.17) is 20.0 Å². The number of aliphatic imine (C=N–C) groups is 4. The van der Waals surface area contributed by atoms with Crippen molar-refractivity contribution in [2.75, 3.05) is 91.6 Å². The number of nitrogens with zero attached hydrogens (tertiary/aromatic N) is 11. The summed E-state index contributed by atoms with van der Waals surface area (Å²) in [7, 11) is 0. The molecular weight excluding hydrogens is 1400 g/mol. The Morgan fingerprint density at radius 2 is 0.784 bits per heavy atom. The molecule has 0 aliphatic carbocycles. The first-order chi connectivity index (χ1) is 44.8. The van der Waals surface area contributed by atoms with Crippen LogP contribution in [0.5, 0.6) is 0 Å². The van der Waals surface area contributed by atoms with Gasteiger partial charge in [-0.05, 0) is 168 Å². The van der Waals surface area contributed by atoms with Crippen molar-refractivity contribution in [2.24, 2.45) is 25.9 Å². The third-order valence-corrected chi connectivity index (χ3v) is 23.2. The van der Waals surface area contributed by atoms with E-state index in [1.807, 2.05) is 35.3 Å². The van der Waals surface area contributed by atoms with Crippen molar-refractivity contribution in [3.63, 3.8) is 0 Å². The minimum Gasteiger partial charge on any atom is -1.00 e. The molecular formula is C74H111Cl4CuN15S3+2. The van der Waals surface area contributed by atoms with Crippen LogP contribution >= 0.6 is 35.3 Å². The van der Waals surface area contributed by atoms with Crippen molar-refractivity contribution in [2.45, 2.75) is 178 Å². The third kappa shape index (κ3) is 19.2. The maximum Gasteiger partial charge on any atom is 2.00 e. The number of fused-ring (bicyclic) bond motifs is 17. The van der Waals surface area contributed by atoms with Crippen LogP contribution in [0.3, 0.4) is 0 Å². The Bertz CT molecular complexity index is 3500. The molecule has 9 rings (SSSR count). The van der Waals surface area contributed by atoms with E-state index < -0.39 is 18.5 Å². The van der Waals surface area contributed by atoms with E-state index in [0.717, 1.165) is 202 Å². The van der Waals surface area contributed by atoms with Crippen LogP contribution in [0, 0.1) is 5.92 Å². The maximum absolute atomic E-state index is 5.80. The quantitative estimate of drug-likeness (QED) is 0.0315. The minimum atomic E-state index is -0.510. The van der Waals surface area contributed by atoms with Crippen LogP contribution in [0.15, 0.2) is 92.8 Å². The van der Waals surface area contributed by atoms with E-state index in [9.17, 15) is 0 Å². The van der Waals surface area contributed by atoms with E-state index >= 15 is 0 Å². The topological polar surface area (TPSA) is 119 Å². The first-order valence-corrected chi connectivity index (χ1v) is 38.3. The van der Waals surface area contributed by atoms with Crippen LogP contribution in [0.1, 0.15) is 221 Å². The summed E-state index contributed by atoms with van der Waals surface area (Å²) in [4.78, 5) is 30.3. The number of aryl methyl sites for hydroxylation is 1. The van der Waals surface area contributed by atoms with Crippen molar-refractivity contribution in [1.29, 1.82) is 0 Å². The summed E-state index contributed by atoms with van der Waals surface area (Å²) in [6.45, 7) is 50.2. The molecule has 0 amide bonds. The number of hydrogen-bond acceptors (Lipinski definition) is 11. The fourth-order valence-corrected chi connectivity index (χ4v) is 18.1. The second kappa shape index (κ2) is 40.9. The molecule has 4 aromatic rings.